The Bertz CT molecular complexity index is 139. The van der Waals surface area contributed by atoms with Crippen LogP contribution >= 0.6 is 0 Å². The van der Waals surface area contributed by atoms with Gasteiger partial charge in [0.05, 0.1) is 0 Å². The monoisotopic (exact) mass is 212 g/mol. The summed E-state index contributed by atoms with van der Waals surface area (Å²) in [7, 11) is 4.29. The van der Waals surface area contributed by atoms with Gasteiger partial charge in [-0.1, -0.05) is 32.1 Å². The van der Waals surface area contributed by atoms with Gasteiger partial charge in [-0.2, -0.15) is 0 Å². The van der Waals surface area contributed by atoms with Gasteiger partial charge in [0.2, 0.25) is 0 Å². The number of hydrogen-bond donors (Lipinski definition) is 1. The first-order valence-electron chi connectivity index (χ1n) is 6.66. The van der Waals surface area contributed by atoms with Crippen LogP contribution in [-0.4, -0.2) is 38.6 Å². The molecule has 1 fully saturated rings. The highest BCUT2D eigenvalue weighted by Crippen LogP contribution is 2.22. The van der Waals surface area contributed by atoms with Crippen molar-refractivity contribution >= 4 is 0 Å². The van der Waals surface area contributed by atoms with E-state index >= 15 is 0 Å². The molecule has 0 atom stereocenters. The average Bonchev–Trinajstić information content (AvgIpc) is 2.19. The highest BCUT2D eigenvalue weighted by atomic mass is 15.1. The first kappa shape index (κ1) is 13.0. The smallest absolute Gasteiger partial charge is 0.0104 e. The molecular formula is C13H28N2. The van der Waals surface area contributed by atoms with Crippen molar-refractivity contribution in [1.29, 1.82) is 0 Å². The quantitative estimate of drug-likeness (QED) is 0.753. The van der Waals surface area contributed by atoms with E-state index in [2.05, 4.69) is 17.3 Å². The highest BCUT2D eigenvalue weighted by Gasteiger charge is 2.13. The number of nitrogens with zero attached hydrogens (tertiary/aromatic N) is 1. The third-order valence-electron chi connectivity index (χ3n) is 3.54. The van der Waals surface area contributed by atoms with Gasteiger partial charge < -0.3 is 10.2 Å². The zero-order chi connectivity index (χ0) is 10.9. The fourth-order valence-electron chi connectivity index (χ4n) is 2.56. The molecule has 0 aromatic heterocycles. The number of hydrogen-bond acceptors (Lipinski definition) is 2. The Morgan fingerprint density at radius 3 is 2.27 bits per heavy atom. The van der Waals surface area contributed by atoms with Crippen molar-refractivity contribution in [1.82, 2.24) is 10.2 Å². The fraction of sp³-hybridized carbons (Fsp3) is 1.00. The van der Waals surface area contributed by atoms with Crippen LogP contribution < -0.4 is 5.32 Å². The topological polar surface area (TPSA) is 15.3 Å². The minimum atomic E-state index is 0.965. The molecule has 0 saturated heterocycles. The molecular weight excluding hydrogens is 184 g/mol. The van der Waals surface area contributed by atoms with Gasteiger partial charge in [-0.3, -0.25) is 0 Å². The van der Waals surface area contributed by atoms with Gasteiger partial charge in [0, 0.05) is 19.6 Å². The SMILES string of the molecule is CNCCN(C)CC1CCCCCCC1. The lowest BCUT2D eigenvalue weighted by molar-refractivity contribution is 0.245. The average molecular weight is 212 g/mol. The Hall–Kier alpha value is -0.0800. The maximum absolute atomic E-state index is 3.22. The summed E-state index contributed by atoms with van der Waals surface area (Å²) in [5, 5.41) is 3.22. The minimum absolute atomic E-state index is 0.965. The zero-order valence-corrected chi connectivity index (χ0v) is 10.6. The van der Waals surface area contributed by atoms with Crippen LogP contribution in [0.1, 0.15) is 44.9 Å². The standard InChI is InChI=1S/C13H28N2/c1-14-10-11-15(2)12-13-8-6-4-3-5-7-9-13/h13-14H,3-12H2,1-2H3. The highest BCUT2D eigenvalue weighted by molar-refractivity contribution is 4.67. The zero-order valence-electron chi connectivity index (χ0n) is 10.6. The van der Waals surface area contributed by atoms with Crippen molar-refractivity contribution < 1.29 is 0 Å². The molecule has 2 heteroatoms. The lowest BCUT2D eigenvalue weighted by Gasteiger charge is -2.25. The summed E-state index contributed by atoms with van der Waals surface area (Å²) in [6.07, 6.45) is 10.3. The van der Waals surface area contributed by atoms with Crippen molar-refractivity contribution in [2.75, 3.05) is 33.7 Å². The molecule has 2 nitrogen and oxygen atoms in total. The number of likely N-dealkylation sites (N-methyl/N-ethyl adjacent to an activating group) is 2. The summed E-state index contributed by atoms with van der Waals surface area (Å²) in [6.45, 7) is 3.61. The molecule has 0 unspecified atom stereocenters. The van der Waals surface area contributed by atoms with E-state index in [1.807, 2.05) is 7.05 Å². The molecule has 0 radical (unpaired) electrons. The predicted molar refractivity (Wildman–Crippen MR) is 67.2 cm³/mol. The molecule has 15 heavy (non-hydrogen) atoms. The molecule has 0 bridgehead atoms. The van der Waals surface area contributed by atoms with Gasteiger partial charge in [-0.25, -0.2) is 0 Å². The van der Waals surface area contributed by atoms with Crippen LogP contribution in [0.5, 0.6) is 0 Å². The van der Waals surface area contributed by atoms with E-state index in [1.54, 1.807) is 0 Å². The summed E-state index contributed by atoms with van der Waals surface area (Å²) in [4.78, 5) is 2.49. The van der Waals surface area contributed by atoms with Gasteiger partial charge in [-0.15, -0.1) is 0 Å². The molecule has 1 N–H and O–H groups in total. The first-order chi connectivity index (χ1) is 7.33. The van der Waals surface area contributed by atoms with Crippen LogP contribution in [0.3, 0.4) is 0 Å². The normalized spacial score (nSPS) is 20.2. The van der Waals surface area contributed by atoms with Crippen LogP contribution in [0.25, 0.3) is 0 Å². The van der Waals surface area contributed by atoms with E-state index in [9.17, 15) is 0 Å². The molecule has 1 aliphatic rings. The molecule has 1 aliphatic carbocycles. The second kappa shape index (κ2) is 8.12. The van der Waals surface area contributed by atoms with E-state index in [4.69, 9.17) is 0 Å². The molecule has 0 aromatic carbocycles. The van der Waals surface area contributed by atoms with Crippen LogP contribution in [-0.2, 0) is 0 Å². The Morgan fingerprint density at radius 1 is 1.07 bits per heavy atom. The fourth-order valence-corrected chi connectivity index (χ4v) is 2.56. The summed E-state index contributed by atoms with van der Waals surface area (Å²) in [5.41, 5.74) is 0. The van der Waals surface area contributed by atoms with E-state index in [0.717, 1.165) is 12.5 Å². The third kappa shape index (κ3) is 6.16. The van der Waals surface area contributed by atoms with Gasteiger partial charge in [-0.05, 0) is 32.9 Å². The van der Waals surface area contributed by atoms with E-state index in [0.29, 0.717) is 0 Å². The van der Waals surface area contributed by atoms with E-state index < -0.39 is 0 Å². The minimum Gasteiger partial charge on any atom is -0.318 e. The second-order valence-electron chi connectivity index (χ2n) is 5.08. The summed E-state index contributed by atoms with van der Waals surface area (Å²) in [5.74, 6) is 0.965. The Morgan fingerprint density at radius 2 is 1.67 bits per heavy atom. The van der Waals surface area contributed by atoms with Gasteiger partial charge in [0.25, 0.3) is 0 Å². The molecule has 0 spiro atoms. The van der Waals surface area contributed by atoms with Crippen molar-refractivity contribution in [3.05, 3.63) is 0 Å². The molecule has 0 heterocycles. The lowest BCUT2D eigenvalue weighted by atomic mass is 9.91. The maximum atomic E-state index is 3.22. The van der Waals surface area contributed by atoms with E-state index in [-0.39, 0.29) is 0 Å². The van der Waals surface area contributed by atoms with Crippen LogP contribution in [0.15, 0.2) is 0 Å². The number of nitrogens with one attached hydrogen (secondary N) is 1. The lowest BCUT2D eigenvalue weighted by Crippen LogP contribution is -2.31. The maximum Gasteiger partial charge on any atom is 0.0104 e. The molecule has 0 amide bonds. The molecule has 90 valence electrons. The molecule has 1 saturated carbocycles. The van der Waals surface area contributed by atoms with Gasteiger partial charge >= 0.3 is 0 Å². The Labute approximate surface area is 95.4 Å². The van der Waals surface area contributed by atoms with Crippen molar-refractivity contribution in [2.45, 2.75) is 44.9 Å². The number of rotatable bonds is 5. The summed E-state index contributed by atoms with van der Waals surface area (Å²) < 4.78 is 0. The van der Waals surface area contributed by atoms with Gasteiger partial charge in [0.1, 0.15) is 0 Å². The van der Waals surface area contributed by atoms with Crippen LogP contribution in [0.2, 0.25) is 0 Å². The Kier molecular flexibility index (Phi) is 7.03. The molecule has 0 aromatic rings. The molecule has 0 aliphatic heterocycles. The first-order valence-corrected chi connectivity index (χ1v) is 6.66. The molecule has 1 rings (SSSR count). The largest absolute Gasteiger partial charge is 0.318 e. The second-order valence-corrected chi connectivity index (χ2v) is 5.08. The van der Waals surface area contributed by atoms with Crippen LogP contribution in [0, 0.1) is 5.92 Å². The van der Waals surface area contributed by atoms with E-state index in [1.165, 1.54) is 58.0 Å². The third-order valence-corrected chi connectivity index (χ3v) is 3.54. The van der Waals surface area contributed by atoms with Gasteiger partial charge in [0.15, 0.2) is 0 Å². The predicted octanol–water partition coefficient (Wildman–Crippen LogP) is 2.50. The summed E-state index contributed by atoms with van der Waals surface area (Å²) >= 11 is 0. The van der Waals surface area contributed by atoms with Crippen molar-refractivity contribution in [3.8, 4) is 0 Å². The van der Waals surface area contributed by atoms with Crippen molar-refractivity contribution in [3.63, 3.8) is 0 Å². The summed E-state index contributed by atoms with van der Waals surface area (Å²) in [6, 6.07) is 0. The Balaban J connectivity index is 2.16. The van der Waals surface area contributed by atoms with Crippen molar-refractivity contribution in [2.24, 2.45) is 5.92 Å². The van der Waals surface area contributed by atoms with Crippen LogP contribution in [0.4, 0.5) is 0 Å².